The molecular weight excluding hydrogens is 314 g/mol. The lowest BCUT2D eigenvalue weighted by molar-refractivity contribution is 0.236. The molecule has 0 aromatic rings. The van der Waals surface area contributed by atoms with E-state index >= 15 is 0 Å². The van der Waals surface area contributed by atoms with E-state index in [0.29, 0.717) is 18.1 Å². The highest BCUT2D eigenvalue weighted by Crippen LogP contribution is 2.26. The second kappa shape index (κ2) is 9.13. The van der Waals surface area contributed by atoms with Crippen molar-refractivity contribution in [3.05, 3.63) is 0 Å². The maximum atomic E-state index is 6.51. The molecule has 0 radical (unpaired) electrons. The van der Waals surface area contributed by atoms with Gasteiger partial charge < -0.3 is 4.43 Å². The van der Waals surface area contributed by atoms with Gasteiger partial charge >= 0.3 is 8.80 Å². The van der Waals surface area contributed by atoms with Crippen LogP contribution in [0.5, 0.6) is 0 Å². The average Bonchev–Trinajstić information content (AvgIpc) is 3.24. The summed E-state index contributed by atoms with van der Waals surface area (Å²) in [6.07, 6.45) is 16.2. The van der Waals surface area contributed by atoms with Crippen LogP contribution in [0.15, 0.2) is 0 Å². The first-order valence-corrected chi connectivity index (χ1v) is 12.6. The predicted molar refractivity (Wildman–Crippen MR) is 103 cm³/mol. The number of nitrogens with one attached hydrogen (secondary N) is 3. The lowest BCUT2D eigenvalue weighted by atomic mass is 9.87. The van der Waals surface area contributed by atoms with Crippen molar-refractivity contribution >= 4 is 8.80 Å². The van der Waals surface area contributed by atoms with Crippen LogP contribution >= 0.6 is 0 Å². The van der Waals surface area contributed by atoms with Crippen molar-refractivity contribution in [3.8, 4) is 0 Å². The van der Waals surface area contributed by atoms with Crippen molar-refractivity contribution in [1.82, 2.24) is 14.9 Å². The van der Waals surface area contributed by atoms with Gasteiger partial charge in [0.1, 0.15) is 0 Å². The van der Waals surface area contributed by atoms with Crippen LogP contribution in [0.3, 0.4) is 0 Å². The summed E-state index contributed by atoms with van der Waals surface area (Å²) in [7, 11) is -2.30. The van der Waals surface area contributed by atoms with Gasteiger partial charge in [-0.2, -0.15) is 0 Å². The smallest absolute Gasteiger partial charge is 0.380 e. The highest BCUT2D eigenvalue weighted by atomic mass is 28.4. The molecule has 3 saturated carbocycles. The molecule has 0 saturated heterocycles. The summed E-state index contributed by atoms with van der Waals surface area (Å²) in [6, 6.07) is 1.90. The second-order valence-corrected chi connectivity index (χ2v) is 10.9. The molecule has 140 valence electrons. The van der Waals surface area contributed by atoms with E-state index in [2.05, 4.69) is 28.8 Å². The monoisotopic (exact) mass is 353 g/mol. The van der Waals surface area contributed by atoms with Crippen molar-refractivity contribution in [2.45, 2.75) is 109 Å². The maximum Gasteiger partial charge on any atom is 0.440 e. The molecular formula is C19H39N3OSi. The van der Waals surface area contributed by atoms with Crippen LogP contribution < -0.4 is 14.9 Å². The number of hydrogen-bond acceptors (Lipinski definition) is 4. The van der Waals surface area contributed by atoms with Gasteiger partial charge in [-0.1, -0.05) is 45.4 Å². The Kier molecular flexibility index (Phi) is 7.16. The summed E-state index contributed by atoms with van der Waals surface area (Å²) in [6.45, 7) is 5.37. The van der Waals surface area contributed by atoms with Crippen molar-refractivity contribution in [2.75, 3.05) is 6.61 Å². The Morgan fingerprint density at radius 3 is 1.75 bits per heavy atom. The normalized spacial score (nSPS) is 30.2. The minimum atomic E-state index is -2.30. The SMILES string of the molecule is CCO[Si](NC1CCCC1)(NC1CCCC1)NC1CCCCC1C. The largest absolute Gasteiger partial charge is 0.440 e. The summed E-state index contributed by atoms with van der Waals surface area (Å²) >= 11 is 0. The molecule has 2 unspecified atom stereocenters. The molecule has 0 bridgehead atoms. The summed E-state index contributed by atoms with van der Waals surface area (Å²) in [4.78, 5) is 12.1. The quantitative estimate of drug-likeness (QED) is 0.582. The van der Waals surface area contributed by atoms with Crippen LogP contribution in [0.4, 0.5) is 0 Å². The third-order valence-electron chi connectivity index (χ3n) is 6.39. The zero-order valence-electron chi connectivity index (χ0n) is 15.9. The Morgan fingerprint density at radius 1 is 0.750 bits per heavy atom. The third-order valence-corrected chi connectivity index (χ3v) is 9.51. The predicted octanol–water partition coefficient (Wildman–Crippen LogP) is 3.69. The van der Waals surface area contributed by atoms with Gasteiger partial charge in [0.2, 0.25) is 0 Å². The lowest BCUT2D eigenvalue weighted by Crippen LogP contribution is -2.79. The first-order chi connectivity index (χ1) is 11.7. The van der Waals surface area contributed by atoms with Crippen LogP contribution in [-0.4, -0.2) is 33.5 Å². The number of rotatable bonds is 8. The van der Waals surface area contributed by atoms with E-state index < -0.39 is 8.80 Å². The Bertz CT molecular complexity index is 352. The Balaban J connectivity index is 1.72. The Hall–Kier alpha value is 0.0569. The van der Waals surface area contributed by atoms with Gasteiger partial charge in [-0.05, 0) is 51.4 Å². The lowest BCUT2D eigenvalue weighted by Gasteiger charge is -2.42. The van der Waals surface area contributed by atoms with E-state index in [1.807, 2.05) is 0 Å². The molecule has 0 aromatic carbocycles. The first-order valence-electron chi connectivity index (χ1n) is 10.7. The molecule has 2 atom stereocenters. The molecule has 3 aliphatic carbocycles. The van der Waals surface area contributed by atoms with Crippen molar-refractivity contribution in [2.24, 2.45) is 5.92 Å². The molecule has 3 aliphatic rings. The van der Waals surface area contributed by atoms with E-state index in [-0.39, 0.29) is 0 Å². The van der Waals surface area contributed by atoms with E-state index in [1.54, 1.807) is 0 Å². The molecule has 0 heterocycles. The highest BCUT2D eigenvalue weighted by Gasteiger charge is 2.44. The molecule has 0 aromatic heterocycles. The fraction of sp³-hybridized carbons (Fsp3) is 1.00. The molecule has 3 rings (SSSR count). The van der Waals surface area contributed by atoms with Crippen LogP contribution in [0.25, 0.3) is 0 Å². The first kappa shape index (κ1) is 18.8. The van der Waals surface area contributed by atoms with Crippen LogP contribution in [-0.2, 0) is 4.43 Å². The molecule has 3 N–H and O–H groups in total. The van der Waals surface area contributed by atoms with Gasteiger partial charge in [-0.15, -0.1) is 0 Å². The third kappa shape index (κ3) is 5.04. The van der Waals surface area contributed by atoms with E-state index in [0.717, 1.165) is 12.5 Å². The topological polar surface area (TPSA) is 45.3 Å². The van der Waals surface area contributed by atoms with Gasteiger partial charge in [-0.25, -0.2) is 0 Å². The molecule has 3 fully saturated rings. The van der Waals surface area contributed by atoms with Crippen LogP contribution in [0.2, 0.25) is 0 Å². The second-order valence-electron chi connectivity index (χ2n) is 8.38. The zero-order chi connectivity index (χ0) is 16.8. The van der Waals surface area contributed by atoms with Gasteiger partial charge in [0.25, 0.3) is 0 Å². The number of hydrogen-bond donors (Lipinski definition) is 3. The highest BCUT2D eigenvalue weighted by molar-refractivity contribution is 6.66. The summed E-state index contributed by atoms with van der Waals surface area (Å²) in [5.41, 5.74) is 0. The molecule has 0 aliphatic heterocycles. The fourth-order valence-electron chi connectivity index (χ4n) is 4.97. The van der Waals surface area contributed by atoms with Gasteiger partial charge in [-0.3, -0.25) is 14.9 Å². The molecule has 0 amide bonds. The van der Waals surface area contributed by atoms with Crippen LogP contribution in [0, 0.1) is 5.92 Å². The standard InChI is InChI=1S/C19H39N3OSi/c1-3-23-24(20-17-11-5-6-12-17,21-18-13-7-8-14-18)22-19-15-9-4-10-16(19)2/h16-22H,3-15H2,1-2H3. The zero-order valence-corrected chi connectivity index (χ0v) is 16.9. The molecule has 4 nitrogen and oxygen atoms in total. The van der Waals surface area contributed by atoms with E-state index in [1.165, 1.54) is 77.0 Å². The molecule has 0 spiro atoms. The molecule has 24 heavy (non-hydrogen) atoms. The van der Waals surface area contributed by atoms with Crippen molar-refractivity contribution < 1.29 is 4.43 Å². The minimum Gasteiger partial charge on any atom is -0.380 e. The fourth-order valence-corrected chi connectivity index (χ4v) is 8.58. The average molecular weight is 354 g/mol. The minimum absolute atomic E-state index is 0.611. The van der Waals surface area contributed by atoms with Gasteiger partial charge in [0, 0.05) is 24.7 Å². The van der Waals surface area contributed by atoms with E-state index in [4.69, 9.17) is 4.43 Å². The van der Waals surface area contributed by atoms with Gasteiger partial charge in [0.05, 0.1) is 0 Å². The summed E-state index contributed by atoms with van der Waals surface area (Å²) < 4.78 is 6.51. The summed E-state index contributed by atoms with van der Waals surface area (Å²) in [5, 5.41) is 0. The van der Waals surface area contributed by atoms with Crippen molar-refractivity contribution in [1.29, 1.82) is 0 Å². The summed E-state index contributed by atoms with van der Waals surface area (Å²) in [5.74, 6) is 0.766. The Morgan fingerprint density at radius 2 is 1.25 bits per heavy atom. The Labute approximate surface area is 150 Å². The van der Waals surface area contributed by atoms with E-state index in [9.17, 15) is 0 Å². The van der Waals surface area contributed by atoms with Crippen LogP contribution in [0.1, 0.15) is 90.9 Å². The molecule has 5 heteroatoms. The van der Waals surface area contributed by atoms with Crippen molar-refractivity contribution in [3.63, 3.8) is 0 Å². The van der Waals surface area contributed by atoms with Gasteiger partial charge in [0.15, 0.2) is 0 Å². The maximum absolute atomic E-state index is 6.51.